The van der Waals surface area contributed by atoms with Crippen molar-refractivity contribution in [1.82, 2.24) is 0 Å². The van der Waals surface area contributed by atoms with E-state index in [1.165, 1.54) is 28.6 Å². The minimum Gasteiger partial charge on any atom is -0.280 e. The summed E-state index contributed by atoms with van der Waals surface area (Å²) in [6.45, 7) is 0.244. The average molecular weight is 497 g/mol. The van der Waals surface area contributed by atoms with E-state index in [9.17, 15) is 21.2 Å². The predicted molar refractivity (Wildman–Crippen MR) is 130 cm³/mol. The van der Waals surface area contributed by atoms with Crippen LogP contribution in [0.25, 0.3) is 10.8 Å². The molecular weight excluding hydrogens is 475 g/mol. The van der Waals surface area contributed by atoms with Gasteiger partial charge in [-0.2, -0.15) is 0 Å². The van der Waals surface area contributed by atoms with Crippen LogP contribution in [-0.4, -0.2) is 23.4 Å². The van der Waals surface area contributed by atoms with Crippen LogP contribution in [0, 0.1) is 5.82 Å². The quantitative estimate of drug-likeness (QED) is 0.425. The van der Waals surface area contributed by atoms with E-state index in [4.69, 9.17) is 0 Å². The fourth-order valence-electron chi connectivity index (χ4n) is 4.14. The van der Waals surface area contributed by atoms with E-state index in [0.29, 0.717) is 18.5 Å². The van der Waals surface area contributed by atoms with E-state index in [2.05, 4.69) is 4.72 Å². The normalized spacial score (nSPS) is 14.1. The zero-order valence-electron chi connectivity index (χ0n) is 18.0. The molecular formula is C25H21FN2O4S2. The first-order valence-electron chi connectivity index (χ1n) is 10.7. The highest BCUT2D eigenvalue weighted by Gasteiger charge is 2.29. The Morgan fingerprint density at radius 2 is 1.47 bits per heavy atom. The number of hydrogen-bond donors (Lipinski definition) is 1. The lowest BCUT2D eigenvalue weighted by Gasteiger charge is -2.31. The number of anilines is 2. The zero-order valence-corrected chi connectivity index (χ0v) is 19.6. The number of benzene rings is 4. The molecule has 4 aromatic rings. The van der Waals surface area contributed by atoms with Crippen LogP contribution in [0.2, 0.25) is 0 Å². The number of aryl methyl sites for hydroxylation is 1. The maximum atomic E-state index is 13.3. The Kier molecular flexibility index (Phi) is 5.53. The van der Waals surface area contributed by atoms with Crippen molar-refractivity contribution in [3.8, 4) is 0 Å². The highest BCUT2D eigenvalue weighted by atomic mass is 32.2. The SMILES string of the molecule is O=S(=O)(Nc1ccc2c(c1)N(S(=O)(=O)c1ccc(F)cc1)CCC2)c1ccc2ccccc2c1. The molecule has 1 N–H and O–H groups in total. The fraction of sp³-hybridized carbons (Fsp3) is 0.120. The standard InChI is InChI=1S/C25H21FN2O4S2/c26-21-9-13-23(14-10-21)34(31,32)28-15-3-6-19-7-11-22(17-25(19)28)27-33(29,30)24-12-8-18-4-1-2-5-20(18)16-24/h1-2,4-5,7-14,16-17,27H,3,6,15H2. The Hall–Kier alpha value is -3.43. The second-order valence-electron chi connectivity index (χ2n) is 8.09. The van der Waals surface area contributed by atoms with Crippen molar-refractivity contribution < 1.29 is 21.2 Å². The van der Waals surface area contributed by atoms with Crippen LogP contribution in [0.5, 0.6) is 0 Å². The molecule has 0 amide bonds. The lowest BCUT2D eigenvalue weighted by Crippen LogP contribution is -2.35. The molecule has 0 unspecified atom stereocenters. The van der Waals surface area contributed by atoms with E-state index < -0.39 is 25.9 Å². The molecule has 0 saturated carbocycles. The molecule has 0 atom stereocenters. The molecule has 1 aliphatic rings. The van der Waals surface area contributed by atoms with Gasteiger partial charge in [-0.15, -0.1) is 0 Å². The second-order valence-corrected chi connectivity index (χ2v) is 11.6. The third kappa shape index (κ3) is 4.12. The van der Waals surface area contributed by atoms with Crippen LogP contribution in [0.1, 0.15) is 12.0 Å². The highest BCUT2D eigenvalue weighted by Crippen LogP contribution is 2.35. The number of halogens is 1. The highest BCUT2D eigenvalue weighted by molar-refractivity contribution is 7.93. The van der Waals surface area contributed by atoms with Crippen LogP contribution in [0.4, 0.5) is 15.8 Å². The molecule has 0 saturated heterocycles. The third-order valence-electron chi connectivity index (χ3n) is 5.85. The van der Waals surface area contributed by atoms with Crippen molar-refractivity contribution in [3.05, 3.63) is 96.3 Å². The first-order chi connectivity index (χ1) is 16.2. The molecule has 5 rings (SSSR count). The molecule has 4 aromatic carbocycles. The summed E-state index contributed by atoms with van der Waals surface area (Å²) in [5, 5.41) is 1.73. The first-order valence-corrected chi connectivity index (χ1v) is 13.6. The van der Waals surface area contributed by atoms with Gasteiger partial charge in [-0.3, -0.25) is 9.03 Å². The van der Waals surface area contributed by atoms with E-state index in [1.54, 1.807) is 24.3 Å². The van der Waals surface area contributed by atoms with Crippen LogP contribution < -0.4 is 9.03 Å². The number of hydrogen-bond acceptors (Lipinski definition) is 4. The Bertz CT molecular complexity index is 1600. The monoisotopic (exact) mass is 496 g/mol. The van der Waals surface area contributed by atoms with Gasteiger partial charge in [-0.05, 0) is 77.7 Å². The van der Waals surface area contributed by atoms with E-state index in [-0.39, 0.29) is 22.0 Å². The summed E-state index contributed by atoms with van der Waals surface area (Å²) in [7, 11) is -7.84. The molecule has 1 aliphatic heterocycles. The molecule has 0 aromatic heterocycles. The number of rotatable bonds is 5. The summed E-state index contributed by atoms with van der Waals surface area (Å²) in [6, 6.07) is 21.9. The minimum absolute atomic E-state index is 0.0242. The van der Waals surface area contributed by atoms with Crippen LogP contribution in [-0.2, 0) is 26.5 Å². The predicted octanol–water partition coefficient (Wildman–Crippen LogP) is 4.92. The van der Waals surface area contributed by atoms with Gasteiger partial charge >= 0.3 is 0 Å². The van der Waals surface area contributed by atoms with Crippen molar-refractivity contribution in [2.75, 3.05) is 15.6 Å². The minimum atomic E-state index is -3.94. The van der Waals surface area contributed by atoms with E-state index >= 15 is 0 Å². The topological polar surface area (TPSA) is 83.6 Å². The smallest absolute Gasteiger partial charge is 0.264 e. The summed E-state index contributed by atoms with van der Waals surface area (Å²) < 4.78 is 69.8. The Balaban J connectivity index is 1.49. The van der Waals surface area contributed by atoms with Gasteiger partial charge in [0.2, 0.25) is 0 Å². The van der Waals surface area contributed by atoms with Gasteiger partial charge in [0.15, 0.2) is 0 Å². The zero-order chi connectivity index (χ0) is 23.9. The molecule has 0 spiro atoms. The summed E-state index contributed by atoms with van der Waals surface area (Å²) in [6.07, 6.45) is 1.29. The lowest BCUT2D eigenvalue weighted by molar-refractivity contribution is 0.585. The maximum absolute atomic E-state index is 13.3. The number of nitrogens with one attached hydrogen (secondary N) is 1. The average Bonchev–Trinajstić information content (AvgIpc) is 2.83. The van der Waals surface area contributed by atoms with Crippen molar-refractivity contribution in [2.45, 2.75) is 22.6 Å². The van der Waals surface area contributed by atoms with E-state index in [0.717, 1.165) is 28.5 Å². The van der Waals surface area contributed by atoms with Gasteiger partial charge in [-0.25, -0.2) is 21.2 Å². The first kappa shape index (κ1) is 22.4. The van der Waals surface area contributed by atoms with Crippen molar-refractivity contribution in [1.29, 1.82) is 0 Å². The lowest BCUT2D eigenvalue weighted by atomic mass is 10.0. The Morgan fingerprint density at radius 3 is 2.24 bits per heavy atom. The van der Waals surface area contributed by atoms with Crippen LogP contribution in [0.3, 0.4) is 0 Å². The van der Waals surface area contributed by atoms with Gasteiger partial charge in [0, 0.05) is 6.54 Å². The maximum Gasteiger partial charge on any atom is 0.264 e. The molecule has 0 fully saturated rings. The number of fused-ring (bicyclic) bond motifs is 2. The summed E-state index contributed by atoms with van der Waals surface area (Å²) in [4.78, 5) is 0.0867. The van der Waals surface area contributed by atoms with Crippen LogP contribution >= 0.6 is 0 Å². The van der Waals surface area contributed by atoms with E-state index in [1.807, 2.05) is 24.3 Å². The second kappa shape index (κ2) is 8.41. The summed E-state index contributed by atoms with van der Waals surface area (Å²) in [5.74, 6) is -0.525. The number of sulfonamides is 2. The molecule has 174 valence electrons. The molecule has 9 heteroatoms. The third-order valence-corrected chi connectivity index (χ3v) is 9.05. The summed E-state index contributed by atoms with van der Waals surface area (Å²) in [5.41, 5.74) is 1.47. The molecule has 34 heavy (non-hydrogen) atoms. The molecule has 0 radical (unpaired) electrons. The van der Waals surface area contributed by atoms with Gasteiger partial charge in [0.1, 0.15) is 5.82 Å². The molecule has 0 aliphatic carbocycles. The summed E-state index contributed by atoms with van der Waals surface area (Å²) >= 11 is 0. The molecule has 0 bridgehead atoms. The number of nitrogens with zero attached hydrogens (tertiary/aromatic N) is 1. The van der Waals surface area contributed by atoms with Gasteiger partial charge in [0.25, 0.3) is 20.0 Å². The fourth-order valence-corrected chi connectivity index (χ4v) is 6.75. The van der Waals surface area contributed by atoms with Gasteiger partial charge in [0.05, 0.1) is 21.2 Å². The van der Waals surface area contributed by atoms with Crippen LogP contribution in [0.15, 0.2) is 94.7 Å². The molecule has 1 heterocycles. The van der Waals surface area contributed by atoms with Crippen molar-refractivity contribution in [3.63, 3.8) is 0 Å². The Morgan fingerprint density at radius 1 is 0.765 bits per heavy atom. The molecule has 6 nitrogen and oxygen atoms in total. The van der Waals surface area contributed by atoms with Gasteiger partial charge < -0.3 is 0 Å². The van der Waals surface area contributed by atoms with Crippen molar-refractivity contribution >= 4 is 42.2 Å². The Labute approximate surface area is 197 Å². The van der Waals surface area contributed by atoms with Gasteiger partial charge in [-0.1, -0.05) is 36.4 Å². The van der Waals surface area contributed by atoms with Crippen molar-refractivity contribution in [2.24, 2.45) is 0 Å². The largest absolute Gasteiger partial charge is 0.280 e.